The van der Waals surface area contributed by atoms with Crippen LogP contribution >= 0.6 is 0 Å². The van der Waals surface area contributed by atoms with Crippen molar-refractivity contribution in [2.75, 3.05) is 4.90 Å². The maximum Gasteiger partial charge on any atom is 0.0725 e. The summed E-state index contributed by atoms with van der Waals surface area (Å²) in [7, 11) is 0. The Kier molecular flexibility index (Phi) is 3.27. The van der Waals surface area contributed by atoms with Gasteiger partial charge in [-0.25, -0.2) is 0 Å². The monoisotopic (exact) mass is 741 g/mol. The Labute approximate surface area is 370 Å². The van der Waals surface area contributed by atoms with Crippen molar-refractivity contribution in [2.45, 2.75) is 5.41 Å². The number of fused-ring (bicyclic) bond motifs is 10. The molecule has 0 unspecified atom stereocenters. The molecule has 0 saturated heterocycles. The fraction of sp³-hybridized carbons (Fsp3) is 0.0182. The standard InChI is InChI=1S/C55H37N/c1-3-14-38(15-4-1)40-26-32-43(33-27-40)56(44-34-28-41(29-35-44)39-16-5-2-6-17-39)45-36-30-42(31-37-45)46-21-13-25-53-54(46)49-20-9-12-24-52(49)55(53)50-22-10-7-18-47(50)48-19-8-11-23-51(48)55/h1-37H/i1D,2D,3D,4D,5D,6D,7D,8D,10D,11D,14D,15D,16D,17D,18D,19D,22D,23D,26D,27D,28D,29D,30D,31D,32D,33D,34D,35D,36D,37D. The van der Waals surface area contributed by atoms with Crippen LogP contribution in [0, 0.1) is 0 Å². The molecule has 2 aliphatic carbocycles. The average molecular weight is 742 g/mol. The van der Waals surface area contributed by atoms with Crippen LogP contribution in [0.3, 0.4) is 0 Å². The van der Waals surface area contributed by atoms with E-state index < -0.39 is 232 Å². The summed E-state index contributed by atoms with van der Waals surface area (Å²) in [5.41, 5.74) is -9.13. The summed E-state index contributed by atoms with van der Waals surface area (Å²) in [6.07, 6.45) is 0. The predicted octanol–water partition coefficient (Wildman–Crippen LogP) is 14.5. The van der Waals surface area contributed by atoms with Gasteiger partial charge in [0.25, 0.3) is 0 Å². The van der Waals surface area contributed by atoms with Gasteiger partial charge < -0.3 is 4.90 Å². The number of benzene rings is 9. The summed E-state index contributed by atoms with van der Waals surface area (Å²) in [5, 5.41) is 0. The molecule has 0 atom stereocenters. The van der Waals surface area contributed by atoms with Crippen LogP contribution < -0.4 is 4.90 Å². The molecule has 0 aromatic heterocycles. The lowest BCUT2D eigenvalue weighted by Crippen LogP contribution is -2.25. The molecule has 0 fully saturated rings. The van der Waals surface area contributed by atoms with E-state index in [9.17, 15) is 21.9 Å². The molecule has 262 valence electrons. The second-order valence-electron chi connectivity index (χ2n) is 12.5. The van der Waals surface area contributed by atoms with Crippen LogP contribution in [0.25, 0.3) is 55.6 Å². The van der Waals surface area contributed by atoms with Crippen molar-refractivity contribution in [1.82, 2.24) is 0 Å². The van der Waals surface area contributed by atoms with Crippen molar-refractivity contribution in [3.8, 4) is 55.6 Å². The van der Waals surface area contributed by atoms with Crippen LogP contribution in [0.1, 0.15) is 63.4 Å². The summed E-state index contributed by atoms with van der Waals surface area (Å²) in [5.74, 6) is 0. The Balaban J connectivity index is 1.25. The van der Waals surface area contributed by atoms with Crippen molar-refractivity contribution in [3.63, 3.8) is 0 Å². The lowest BCUT2D eigenvalue weighted by molar-refractivity contribution is 0.794. The highest BCUT2D eigenvalue weighted by Crippen LogP contribution is 2.63. The van der Waals surface area contributed by atoms with Crippen molar-refractivity contribution < 1.29 is 41.1 Å². The molecule has 0 heterocycles. The maximum absolute atomic E-state index is 9.89. The van der Waals surface area contributed by atoms with Crippen LogP contribution in [0.5, 0.6) is 0 Å². The smallest absolute Gasteiger partial charge is 0.0725 e. The first-order valence-corrected chi connectivity index (χ1v) is 17.0. The Morgan fingerprint density at radius 2 is 0.714 bits per heavy atom. The molecular formula is C55H37N. The first kappa shape index (κ1) is 14.1. The normalized spacial score (nSPS) is 20.3. The topological polar surface area (TPSA) is 3.24 Å². The van der Waals surface area contributed by atoms with Gasteiger partial charge in [-0.3, -0.25) is 0 Å². The van der Waals surface area contributed by atoms with E-state index in [1.165, 1.54) is 18.2 Å². The summed E-state index contributed by atoms with van der Waals surface area (Å²) in [4.78, 5) is 0.399. The molecule has 0 aliphatic heterocycles. The van der Waals surface area contributed by atoms with E-state index in [4.69, 9.17) is 19.2 Å². The minimum Gasteiger partial charge on any atom is -0.311 e. The zero-order chi connectivity index (χ0) is 63.2. The SMILES string of the molecule is [2H]c1c([2H])c([2H])c(-c2c([2H])c([2H])c(N(c3c([2H])c([2H])c(-c4cccc5c4-c4ccccc4C54c5c([2H])c([2H])c([2H])c([2H])c5-c5c([2H])c([2H])c([2H])c([2H])c54)c([2H])c3[2H])c3c([2H])c([2H])c(-c4c([2H])c([2H])c([2H])c([2H])c4[2H])c([2H])c3[2H])c([2H])c2[2H])c([2H])c1[2H]. The van der Waals surface area contributed by atoms with E-state index in [0.29, 0.717) is 4.90 Å². The lowest BCUT2D eigenvalue weighted by Gasteiger charge is -2.30. The Morgan fingerprint density at radius 1 is 0.304 bits per heavy atom. The third-order valence-electron chi connectivity index (χ3n) is 9.72. The van der Waals surface area contributed by atoms with Gasteiger partial charge in [-0.1, -0.05) is 187 Å². The first-order valence-electron chi connectivity index (χ1n) is 32.0. The van der Waals surface area contributed by atoms with Crippen LogP contribution in [0.2, 0.25) is 0 Å². The van der Waals surface area contributed by atoms with E-state index in [-0.39, 0.29) is 50.1 Å². The lowest BCUT2D eigenvalue weighted by atomic mass is 9.70. The molecule has 2 aliphatic rings. The van der Waals surface area contributed by atoms with E-state index >= 15 is 0 Å². The van der Waals surface area contributed by atoms with Crippen LogP contribution in [0.4, 0.5) is 17.1 Å². The number of anilines is 3. The Bertz CT molecular complexity index is 4310. The molecule has 1 heteroatoms. The van der Waals surface area contributed by atoms with E-state index in [2.05, 4.69) is 0 Å². The fourth-order valence-electron chi connectivity index (χ4n) is 7.49. The van der Waals surface area contributed by atoms with Gasteiger partial charge >= 0.3 is 0 Å². The average Bonchev–Trinajstić information content (AvgIpc) is 1.49. The summed E-state index contributed by atoms with van der Waals surface area (Å²) in [6.45, 7) is 0. The van der Waals surface area contributed by atoms with Gasteiger partial charge in [-0.15, -0.1) is 0 Å². The Hall–Kier alpha value is -7.22. The number of hydrogen-bond donors (Lipinski definition) is 0. The Morgan fingerprint density at radius 3 is 1.25 bits per heavy atom. The second-order valence-corrected chi connectivity index (χ2v) is 12.5. The molecule has 0 saturated carbocycles. The van der Waals surface area contributed by atoms with E-state index in [1.807, 2.05) is 0 Å². The van der Waals surface area contributed by atoms with Crippen LogP contribution in [-0.4, -0.2) is 0 Å². The number of hydrogen-bond acceptors (Lipinski definition) is 1. The first-order chi connectivity index (χ1) is 40.3. The molecule has 9 aromatic rings. The van der Waals surface area contributed by atoms with Gasteiger partial charge in [-0.2, -0.15) is 0 Å². The third kappa shape index (κ3) is 4.88. The number of nitrogens with zero attached hydrogens (tertiary/aromatic N) is 1. The van der Waals surface area contributed by atoms with Crippen molar-refractivity contribution in [2.24, 2.45) is 0 Å². The summed E-state index contributed by atoms with van der Waals surface area (Å²) in [6, 6.07) is -17.3. The van der Waals surface area contributed by atoms with Gasteiger partial charge in [-0.05, 0) is 114 Å². The molecule has 0 amide bonds. The van der Waals surface area contributed by atoms with Gasteiger partial charge in [0.15, 0.2) is 0 Å². The zero-order valence-electron chi connectivity index (χ0n) is 58.5. The van der Waals surface area contributed by atoms with Gasteiger partial charge in [0.2, 0.25) is 0 Å². The molecular weight excluding hydrogens is 675 g/mol. The quantitative estimate of drug-likeness (QED) is 0.164. The molecule has 11 rings (SSSR count). The molecule has 9 aromatic carbocycles. The summed E-state index contributed by atoms with van der Waals surface area (Å²) < 4.78 is 272. The van der Waals surface area contributed by atoms with Gasteiger partial charge in [0.05, 0.1) is 46.5 Å². The highest BCUT2D eigenvalue weighted by Gasteiger charge is 2.51. The van der Waals surface area contributed by atoms with E-state index in [1.54, 1.807) is 24.3 Å². The maximum atomic E-state index is 9.89. The minimum absolute atomic E-state index is 0.0990. The minimum atomic E-state index is -1.98. The van der Waals surface area contributed by atoms with Gasteiger partial charge in [0.1, 0.15) is 0 Å². The van der Waals surface area contributed by atoms with Crippen LogP contribution in [-0.2, 0) is 5.41 Å². The predicted molar refractivity (Wildman–Crippen MR) is 234 cm³/mol. The second kappa shape index (κ2) is 13.0. The van der Waals surface area contributed by atoms with Crippen molar-refractivity contribution in [1.29, 1.82) is 0 Å². The van der Waals surface area contributed by atoms with Crippen molar-refractivity contribution in [3.05, 3.63) is 246 Å². The number of rotatable bonds is 6. The van der Waals surface area contributed by atoms with Crippen LogP contribution in [0.15, 0.2) is 224 Å². The fourth-order valence-corrected chi connectivity index (χ4v) is 7.49. The molecule has 1 nitrogen and oxygen atoms in total. The van der Waals surface area contributed by atoms with Crippen molar-refractivity contribution >= 4 is 17.1 Å². The molecule has 56 heavy (non-hydrogen) atoms. The molecule has 0 bridgehead atoms. The largest absolute Gasteiger partial charge is 0.311 e. The molecule has 0 radical (unpaired) electrons. The summed E-state index contributed by atoms with van der Waals surface area (Å²) >= 11 is 0. The van der Waals surface area contributed by atoms with Gasteiger partial charge in [0, 0.05) is 17.1 Å². The molecule has 0 N–H and O–H groups in total. The van der Waals surface area contributed by atoms with E-state index in [0.717, 1.165) is 0 Å². The highest BCUT2D eigenvalue weighted by molar-refractivity contribution is 6.00. The molecule has 1 spiro atoms. The highest BCUT2D eigenvalue weighted by atomic mass is 15.1. The zero-order valence-corrected chi connectivity index (χ0v) is 28.5. The third-order valence-corrected chi connectivity index (χ3v) is 9.72.